The molecule has 2 aromatic heterocycles. The summed E-state index contributed by atoms with van der Waals surface area (Å²) < 4.78 is 0. The lowest BCUT2D eigenvalue weighted by Crippen LogP contribution is -2.03. The van der Waals surface area contributed by atoms with Gasteiger partial charge in [0.2, 0.25) is 0 Å². The Morgan fingerprint density at radius 3 is 1.30 bits per heavy atom. The molecular weight excluding hydrogens is 252 g/mol. The summed E-state index contributed by atoms with van der Waals surface area (Å²) in [6, 6.07) is 7.88. The lowest BCUT2D eigenvalue weighted by atomic mass is 10.2. The summed E-state index contributed by atoms with van der Waals surface area (Å²) in [6.45, 7) is 0. The molecule has 0 aromatic carbocycles. The van der Waals surface area contributed by atoms with Crippen LogP contribution in [0, 0.1) is 0 Å². The second-order valence-electron chi connectivity index (χ2n) is 4.19. The van der Waals surface area contributed by atoms with Crippen LogP contribution < -0.4 is 21.3 Å². The van der Waals surface area contributed by atoms with E-state index in [9.17, 15) is 0 Å². The molecule has 0 saturated heterocycles. The highest BCUT2D eigenvalue weighted by Gasteiger charge is 2.08. The van der Waals surface area contributed by atoms with E-state index in [1.54, 1.807) is 0 Å². The molecule has 0 bridgehead atoms. The van der Waals surface area contributed by atoms with E-state index in [4.69, 9.17) is 0 Å². The van der Waals surface area contributed by atoms with Crippen molar-refractivity contribution >= 4 is 23.0 Å². The molecule has 0 aliphatic carbocycles. The number of hydrogen-bond acceptors (Lipinski definition) is 6. The van der Waals surface area contributed by atoms with Crippen LogP contribution in [0.1, 0.15) is 0 Å². The first-order valence-corrected chi connectivity index (χ1v) is 6.47. The maximum Gasteiger partial charge on any atom is 0.149 e. The van der Waals surface area contributed by atoms with Crippen molar-refractivity contribution in [3.05, 3.63) is 24.3 Å². The molecule has 20 heavy (non-hydrogen) atoms. The highest BCUT2D eigenvalue weighted by molar-refractivity contribution is 5.72. The Kier molecular flexibility index (Phi) is 4.24. The topological polar surface area (TPSA) is 73.9 Å². The summed E-state index contributed by atoms with van der Waals surface area (Å²) in [7, 11) is 7.44. The molecule has 2 rings (SSSR count). The smallest absolute Gasteiger partial charge is 0.149 e. The predicted octanol–water partition coefficient (Wildman–Crippen LogP) is 2.31. The number of nitrogens with zero attached hydrogens (tertiary/aromatic N) is 2. The van der Waals surface area contributed by atoms with Crippen molar-refractivity contribution < 1.29 is 0 Å². The van der Waals surface area contributed by atoms with Crippen molar-refractivity contribution in [1.29, 1.82) is 0 Å². The summed E-state index contributed by atoms with van der Waals surface area (Å²) in [5, 5.41) is 12.4. The molecule has 0 atom stereocenters. The number of pyridine rings is 2. The van der Waals surface area contributed by atoms with Crippen LogP contribution in [0.15, 0.2) is 24.3 Å². The average Bonchev–Trinajstić information content (AvgIpc) is 2.53. The standard InChI is InChI=1S/C14H20N6/c1-15-11-7-5-9(19-13(11)17-3)10-6-8-12(16-2)14(18-4)20-10/h5-8,15-16H,1-4H3,(H,17,19)(H,18,20). The molecule has 2 heterocycles. The third-order valence-electron chi connectivity index (χ3n) is 3.07. The first-order chi connectivity index (χ1) is 9.73. The van der Waals surface area contributed by atoms with Crippen molar-refractivity contribution in [2.45, 2.75) is 0 Å². The summed E-state index contributed by atoms with van der Waals surface area (Å²) in [5.74, 6) is 1.60. The second-order valence-corrected chi connectivity index (χ2v) is 4.19. The van der Waals surface area contributed by atoms with Crippen molar-refractivity contribution in [2.24, 2.45) is 0 Å². The molecule has 6 heteroatoms. The largest absolute Gasteiger partial charge is 0.385 e. The van der Waals surface area contributed by atoms with Gasteiger partial charge < -0.3 is 21.3 Å². The van der Waals surface area contributed by atoms with Gasteiger partial charge in [0.25, 0.3) is 0 Å². The molecular formula is C14H20N6. The fraction of sp³-hybridized carbons (Fsp3) is 0.286. The summed E-state index contributed by atoms with van der Waals surface area (Å²) >= 11 is 0. The number of hydrogen-bond donors (Lipinski definition) is 4. The molecule has 0 fully saturated rings. The van der Waals surface area contributed by atoms with E-state index < -0.39 is 0 Å². The predicted molar refractivity (Wildman–Crippen MR) is 85.7 cm³/mol. The molecule has 0 spiro atoms. The number of aromatic nitrogens is 2. The molecule has 0 aliphatic rings. The molecule has 0 unspecified atom stereocenters. The van der Waals surface area contributed by atoms with Gasteiger partial charge in [-0.25, -0.2) is 9.97 Å². The maximum atomic E-state index is 4.58. The number of anilines is 4. The van der Waals surface area contributed by atoms with E-state index in [2.05, 4.69) is 31.2 Å². The third kappa shape index (κ3) is 2.59. The molecule has 6 nitrogen and oxygen atoms in total. The van der Waals surface area contributed by atoms with Crippen LogP contribution in [0.2, 0.25) is 0 Å². The van der Waals surface area contributed by atoms with E-state index in [1.807, 2.05) is 52.5 Å². The van der Waals surface area contributed by atoms with Gasteiger partial charge in [-0.3, -0.25) is 0 Å². The Labute approximate surface area is 119 Å². The van der Waals surface area contributed by atoms with Gasteiger partial charge in [-0.15, -0.1) is 0 Å². The number of nitrogens with one attached hydrogen (secondary N) is 4. The highest BCUT2D eigenvalue weighted by Crippen LogP contribution is 2.27. The van der Waals surface area contributed by atoms with Crippen LogP contribution in [0.25, 0.3) is 11.4 Å². The zero-order valence-electron chi connectivity index (χ0n) is 12.2. The molecule has 2 aromatic rings. The third-order valence-corrected chi connectivity index (χ3v) is 3.07. The first-order valence-electron chi connectivity index (χ1n) is 6.47. The van der Waals surface area contributed by atoms with Crippen LogP contribution in [-0.2, 0) is 0 Å². The quantitative estimate of drug-likeness (QED) is 0.669. The Bertz CT molecular complexity index is 543. The highest BCUT2D eigenvalue weighted by atomic mass is 15.0. The average molecular weight is 272 g/mol. The molecule has 106 valence electrons. The minimum Gasteiger partial charge on any atom is -0.385 e. The fourth-order valence-corrected chi connectivity index (χ4v) is 1.99. The lowest BCUT2D eigenvalue weighted by molar-refractivity contribution is 1.22. The zero-order valence-corrected chi connectivity index (χ0v) is 12.2. The van der Waals surface area contributed by atoms with Gasteiger partial charge in [-0.2, -0.15) is 0 Å². The van der Waals surface area contributed by atoms with Crippen LogP contribution in [0.4, 0.5) is 23.0 Å². The van der Waals surface area contributed by atoms with Gasteiger partial charge in [-0.05, 0) is 24.3 Å². The van der Waals surface area contributed by atoms with Crippen LogP contribution in [-0.4, -0.2) is 38.2 Å². The van der Waals surface area contributed by atoms with Crippen molar-refractivity contribution in [3.63, 3.8) is 0 Å². The van der Waals surface area contributed by atoms with Crippen LogP contribution >= 0.6 is 0 Å². The van der Waals surface area contributed by atoms with Gasteiger partial charge in [0, 0.05) is 28.2 Å². The van der Waals surface area contributed by atoms with Gasteiger partial charge in [0.15, 0.2) is 0 Å². The molecule has 0 saturated carbocycles. The SMILES string of the molecule is CNc1ccc(-c2ccc(NC)c(NC)n2)nc1NC. The normalized spacial score (nSPS) is 10.0. The summed E-state index contributed by atoms with van der Waals surface area (Å²) in [6.07, 6.45) is 0. The van der Waals surface area contributed by atoms with Gasteiger partial charge >= 0.3 is 0 Å². The van der Waals surface area contributed by atoms with Crippen LogP contribution in [0.3, 0.4) is 0 Å². The maximum absolute atomic E-state index is 4.58. The fourth-order valence-electron chi connectivity index (χ4n) is 1.99. The molecule has 0 aliphatic heterocycles. The summed E-state index contributed by atoms with van der Waals surface area (Å²) in [4.78, 5) is 9.16. The van der Waals surface area contributed by atoms with Gasteiger partial charge in [0.1, 0.15) is 11.6 Å². The van der Waals surface area contributed by atoms with Crippen molar-refractivity contribution in [2.75, 3.05) is 49.5 Å². The monoisotopic (exact) mass is 272 g/mol. The van der Waals surface area contributed by atoms with Crippen LogP contribution in [0.5, 0.6) is 0 Å². The van der Waals surface area contributed by atoms with E-state index in [-0.39, 0.29) is 0 Å². The lowest BCUT2D eigenvalue weighted by Gasteiger charge is -2.12. The van der Waals surface area contributed by atoms with Gasteiger partial charge in [-0.1, -0.05) is 0 Å². The Balaban J connectivity index is 2.46. The molecule has 4 N–H and O–H groups in total. The van der Waals surface area contributed by atoms with Crippen molar-refractivity contribution in [1.82, 2.24) is 9.97 Å². The zero-order chi connectivity index (χ0) is 14.5. The Morgan fingerprint density at radius 2 is 1.00 bits per heavy atom. The first kappa shape index (κ1) is 13.9. The van der Waals surface area contributed by atoms with Gasteiger partial charge in [0.05, 0.1) is 22.8 Å². The molecule has 0 radical (unpaired) electrons. The van der Waals surface area contributed by atoms with E-state index >= 15 is 0 Å². The van der Waals surface area contributed by atoms with Crippen molar-refractivity contribution in [3.8, 4) is 11.4 Å². The Morgan fingerprint density at radius 1 is 0.600 bits per heavy atom. The van der Waals surface area contributed by atoms with E-state index in [0.717, 1.165) is 34.4 Å². The summed E-state index contributed by atoms with van der Waals surface area (Å²) in [5.41, 5.74) is 3.56. The minimum atomic E-state index is 0.801. The van der Waals surface area contributed by atoms with E-state index in [0.29, 0.717) is 0 Å². The molecule has 0 amide bonds. The minimum absolute atomic E-state index is 0.801. The van der Waals surface area contributed by atoms with E-state index in [1.165, 1.54) is 0 Å². The number of rotatable bonds is 5. The second kappa shape index (κ2) is 6.10. The Hall–Kier alpha value is -2.50.